The minimum atomic E-state index is -0.428. The summed E-state index contributed by atoms with van der Waals surface area (Å²) >= 11 is 7.26. The quantitative estimate of drug-likeness (QED) is 0.204. The number of ketones is 1. The van der Waals surface area contributed by atoms with E-state index in [1.807, 2.05) is 6.92 Å². The molecule has 4 heterocycles. The summed E-state index contributed by atoms with van der Waals surface area (Å²) in [6, 6.07) is 3.52. The first-order chi connectivity index (χ1) is 15.9. The SMILES string of the molecule is CCCCn1c(=O)n(CCCCc2noc(-c3ccc(C(C)=O)s3)n2)c(=O)c2[nH]c(Cl)nc21. The van der Waals surface area contributed by atoms with Crippen LogP contribution in [0.3, 0.4) is 0 Å². The summed E-state index contributed by atoms with van der Waals surface area (Å²) in [7, 11) is 0. The monoisotopic (exact) mass is 490 g/mol. The number of halogens is 1. The number of carbonyl (C=O) groups excluding carboxylic acids is 1. The fourth-order valence-corrected chi connectivity index (χ4v) is 4.50. The predicted octanol–water partition coefficient (Wildman–Crippen LogP) is 3.68. The van der Waals surface area contributed by atoms with Gasteiger partial charge in [-0.25, -0.2) is 4.79 Å². The lowest BCUT2D eigenvalue weighted by Gasteiger charge is -2.10. The lowest BCUT2D eigenvalue weighted by molar-refractivity contribution is 0.102. The van der Waals surface area contributed by atoms with Crippen molar-refractivity contribution in [1.29, 1.82) is 0 Å². The number of Topliss-reactive ketones (excluding diaryl/α,β-unsaturated/α-hetero) is 1. The molecule has 0 bridgehead atoms. The second kappa shape index (κ2) is 9.84. The summed E-state index contributed by atoms with van der Waals surface area (Å²) in [5.41, 5.74) is -0.284. The molecule has 174 valence electrons. The zero-order valence-electron chi connectivity index (χ0n) is 18.3. The first kappa shape index (κ1) is 23.1. The maximum absolute atomic E-state index is 13.0. The number of aryl methyl sites for hydroxylation is 2. The van der Waals surface area contributed by atoms with Crippen molar-refractivity contribution in [2.24, 2.45) is 0 Å². The van der Waals surface area contributed by atoms with E-state index in [1.165, 1.54) is 27.4 Å². The van der Waals surface area contributed by atoms with Gasteiger partial charge in [-0.3, -0.25) is 18.7 Å². The molecule has 0 spiro atoms. The lowest BCUT2D eigenvalue weighted by atomic mass is 10.2. The van der Waals surface area contributed by atoms with Crippen molar-refractivity contribution in [3.05, 3.63) is 49.0 Å². The summed E-state index contributed by atoms with van der Waals surface area (Å²) in [4.78, 5) is 49.9. The summed E-state index contributed by atoms with van der Waals surface area (Å²) in [6.45, 7) is 4.26. The molecule has 10 nitrogen and oxygen atoms in total. The maximum atomic E-state index is 13.0. The Morgan fingerprint density at radius 2 is 1.94 bits per heavy atom. The average molecular weight is 491 g/mol. The Balaban J connectivity index is 1.44. The molecule has 33 heavy (non-hydrogen) atoms. The third kappa shape index (κ3) is 4.83. The third-order valence-electron chi connectivity index (χ3n) is 5.23. The molecule has 0 unspecified atom stereocenters. The smallest absolute Gasteiger partial charge is 0.332 e. The number of aromatic nitrogens is 6. The number of nitrogens with zero attached hydrogens (tertiary/aromatic N) is 5. The van der Waals surface area contributed by atoms with Crippen molar-refractivity contribution >= 4 is 39.9 Å². The molecule has 0 aliphatic heterocycles. The summed E-state index contributed by atoms with van der Waals surface area (Å²) in [5.74, 6) is 0.899. The van der Waals surface area contributed by atoms with Crippen LogP contribution in [0.1, 0.15) is 55.0 Å². The number of hydrogen-bond donors (Lipinski definition) is 1. The van der Waals surface area contributed by atoms with E-state index in [-0.39, 0.29) is 28.8 Å². The van der Waals surface area contributed by atoms with Gasteiger partial charge in [-0.2, -0.15) is 9.97 Å². The fourth-order valence-electron chi connectivity index (χ4n) is 3.50. The third-order valence-corrected chi connectivity index (χ3v) is 6.58. The van der Waals surface area contributed by atoms with E-state index >= 15 is 0 Å². The van der Waals surface area contributed by atoms with Crippen LogP contribution in [-0.4, -0.2) is 35.0 Å². The molecular formula is C21H23ClN6O4S. The first-order valence-electron chi connectivity index (χ1n) is 10.7. The number of imidazole rings is 1. The van der Waals surface area contributed by atoms with Gasteiger partial charge >= 0.3 is 5.69 Å². The van der Waals surface area contributed by atoms with E-state index in [2.05, 4.69) is 20.1 Å². The van der Waals surface area contributed by atoms with Crippen molar-refractivity contribution < 1.29 is 9.32 Å². The van der Waals surface area contributed by atoms with Gasteiger partial charge in [0, 0.05) is 19.5 Å². The van der Waals surface area contributed by atoms with Crippen molar-refractivity contribution in [3.63, 3.8) is 0 Å². The van der Waals surface area contributed by atoms with Crippen LogP contribution in [0.25, 0.3) is 21.9 Å². The van der Waals surface area contributed by atoms with Crippen LogP contribution < -0.4 is 11.2 Å². The van der Waals surface area contributed by atoms with Gasteiger partial charge in [-0.05, 0) is 49.9 Å². The van der Waals surface area contributed by atoms with Gasteiger partial charge < -0.3 is 9.51 Å². The van der Waals surface area contributed by atoms with Gasteiger partial charge in [0.05, 0.1) is 9.75 Å². The molecule has 4 aromatic heterocycles. The number of fused-ring (bicyclic) bond motifs is 1. The van der Waals surface area contributed by atoms with Gasteiger partial charge in [-0.1, -0.05) is 18.5 Å². The van der Waals surface area contributed by atoms with Gasteiger partial charge in [-0.15, -0.1) is 11.3 Å². The number of hydrogen-bond acceptors (Lipinski definition) is 8. The Kier molecular flexibility index (Phi) is 6.89. The van der Waals surface area contributed by atoms with Gasteiger partial charge in [0.1, 0.15) is 0 Å². The Hall–Kier alpha value is -3.05. The van der Waals surface area contributed by atoms with Crippen molar-refractivity contribution in [2.75, 3.05) is 0 Å². The molecule has 0 saturated carbocycles. The molecule has 0 atom stereocenters. The largest absolute Gasteiger partial charge is 0.333 e. The highest BCUT2D eigenvalue weighted by molar-refractivity contribution is 7.17. The molecule has 0 fully saturated rings. The molecule has 0 saturated heterocycles. The molecule has 0 aliphatic carbocycles. The highest BCUT2D eigenvalue weighted by atomic mass is 35.5. The number of H-pyrrole nitrogens is 1. The molecule has 0 radical (unpaired) electrons. The Morgan fingerprint density at radius 3 is 2.67 bits per heavy atom. The molecule has 12 heteroatoms. The lowest BCUT2D eigenvalue weighted by Crippen LogP contribution is -2.40. The number of aromatic amines is 1. The van der Waals surface area contributed by atoms with Crippen LogP contribution in [0.4, 0.5) is 0 Å². The second-order valence-electron chi connectivity index (χ2n) is 7.66. The van der Waals surface area contributed by atoms with Crippen LogP contribution in [0, 0.1) is 0 Å². The normalized spacial score (nSPS) is 11.5. The van der Waals surface area contributed by atoms with Crippen molar-refractivity contribution in [3.8, 4) is 10.8 Å². The molecule has 4 aromatic rings. The van der Waals surface area contributed by atoms with E-state index in [0.717, 1.165) is 17.7 Å². The predicted molar refractivity (Wildman–Crippen MR) is 125 cm³/mol. The van der Waals surface area contributed by atoms with Gasteiger partial charge in [0.25, 0.3) is 11.4 Å². The molecule has 4 rings (SSSR count). The van der Waals surface area contributed by atoms with Crippen LogP contribution in [0.2, 0.25) is 5.28 Å². The number of thiophene rings is 1. The molecule has 0 aromatic carbocycles. The molecular weight excluding hydrogens is 468 g/mol. The fraction of sp³-hybridized carbons (Fsp3) is 0.429. The molecule has 0 aliphatic rings. The van der Waals surface area contributed by atoms with E-state index in [9.17, 15) is 14.4 Å². The Morgan fingerprint density at radius 1 is 1.15 bits per heavy atom. The average Bonchev–Trinajstić information content (AvgIpc) is 3.52. The van der Waals surface area contributed by atoms with Gasteiger partial charge in [0.2, 0.25) is 5.28 Å². The van der Waals surface area contributed by atoms with E-state index in [0.29, 0.717) is 48.0 Å². The van der Waals surface area contributed by atoms with Crippen LogP contribution >= 0.6 is 22.9 Å². The standard InChI is InChI=1S/C21H23ClN6O4S/c1-3-4-10-27-17-16(24-20(22)25-17)19(30)28(21(27)31)11-6-5-7-15-23-18(32-26-15)14-9-8-13(33-14)12(2)29/h8-9H,3-7,10-11H2,1-2H3,(H,24,25). The summed E-state index contributed by atoms with van der Waals surface area (Å²) in [6.07, 6.45) is 3.46. The molecule has 1 N–H and O–H groups in total. The van der Waals surface area contributed by atoms with E-state index < -0.39 is 5.56 Å². The van der Waals surface area contributed by atoms with E-state index in [4.69, 9.17) is 16.1 Å². The zero-order chi connectivity index (χ0) is 23.5. The zero-order valence-corrected chi connectivity index (χ0v) is 19.8. The Bertz CT molecular complexity index is 1410. The summed E-state index contributed by atoms with van der Waals surface area (Å²) in [5, 5.41) is 4.07. The van der Waals surface area contributed by atoms with Crippen molar-refractivity contribution in [2.45, 2.75) is 59.0 Å². The van der Waals surface area contributed by atoms with Crippen LogP contribution in [0.5, 0.6) is 0 Å². The molecule has 0 amide bonds. The second-order valence-corrected chi connectivity index (χ2v) is 9.11. The highest BCUT2D eigenvalue weighted by Gasteiger charge is 2.17. The maximum Gasteiger partial charge on any atom is 0.332 e. The topological polar surface area (TPSA) is 129 Å². The number of unbranched alkanes of at least 4 members (excludes halogenated alkanes) is 2. The number of rotatable bonds is 10. The summed E-state index contributed by atoms with van der Waals surface area (Å²) < 4.78 is 8.04. The van der Waals surface area contributed by atoms with E-state index in [1.54, 1.807) is 12.1 Å². The number of nitrogens with one attached hydrogen (secondary N) is 1. The minimum Gasteiger partial charge on any atom is -0.333 e. The van der Waals surface area contributed by atoms with Crippen molar-refractivity contribution in [1.82, 2.24) is 29.2 Å². The van der Waals surface area contributed by atoms with Gasteiger partial charge in [0.15, 0.2) is 22.8 Å². The van der Waals surface area contributed by atoms with Crippen LogP contribution in [0.15, 0.2) is 26.2 Å². The number of carbonyl (C=O) groups is 1. The Labute approximate surface area is 197 Å². The highest BCUT2D eigenvalue weighted by Crippen LogP contribution is 2.27. The van der Waals surface area contributed by atoms with Crippen LogP contribution in [-0.2, 0) is 19.5 Å². The first-order valence-corrected chi connectivity index (χ1v) is 11.9. The minimum absolute atomic E-state index is 0.00872.